The molecule has 1 fully saturated rings. The van der Waals surface area contributed by atoms with Crippen molar-refractivity contribution < 1.29 is 8.42 Å². The molecule has 1 aromatic rings. The molecule has 0 spiro atoms. The number of hydrogen-bond donors (Lipinski definition) is 1. The number of rotatable bonds is 3. The first-order valence-electron chi connectivity index (χ1n) is 6.69. The topological polar surface area (TPSA) is 72.0 Å². The van der Waals surface area contributed by atoms with Crippen LogP contribution in [0.4, 0.5) is 5.82 Å². The van der Waals surface area contributed by atoms with Crippen molar-refractivity contribution in [2.24, 2.45) is 0 Å². The summed E-state index contributed by atoms with van der Waals surface area (Å²) in [5.41, 5.74) is -0.153. The van der Waals surface area contributed by atoms with Crippen molar-refractivity contribution in [1.82, 2.24) is 9.97 Å². The molecule has 5 nitrogen and oxygen atoms in total. The molecule has 2 heterocycles. The van der Waals surface area contributed by atoms with E-state index in [9.17, 15) is 8.42 Å². The van der Waals surface area contributed by atoms with Crippen LogP contribution in [0.2, 0.25) is 0 Å². The van der Waals surface area contributed by atoms with Crippen LogP contribution in [0.5, 0.6) is 0 Å². The highest BCUT2D eigenvalue weighted by Gasteiger charge is 2.31. The van der Waals surface area contributed by atoms with E-state index in [1.54, 1.807) is 6.07 Å². The fraction of sp³-hybridized carbons (Fsp3) is 0.692. The lowest BCUT2D eigenvalue weighted by atomic mass is 9.96. The van der Waals surface area contributed by atoms with Gasteiger partial charge in [0.1, 0.15) is 16.2 Å². The minimum atomic E-state index is -2.92. The van der Waals surface area contributed by atoms with Crippen LogP contribution in [0, 0.1) is 0 Å². The molecule has 0 bridgehead atoms. The average Bonchev–Trinajstić information content (AvgIpc) is 2.64. The Morgan fingerprint density at radius 2 is 2.10 bits per heavy atom. The summed E-state index contributed by atoms with van der Waals surface area (Å²) in [7, 11) is -2.92. The van der Waals surface area contributed by atoms with Crippen LogP contribution in [0.3, 0.4) is 0 Å². The SMILES string of the molecule is CC(C)(C)c1nc(Br)cc(NCC2CCCS2(=O)=O)n1. The van der Waals surface area contributed by atoms with Crippen LogP contribution in [-0.2, 0) is 15.3 Å². The maximum Gasteiger partial charge on any atom is 0.154 e. The number of nitrogens with zero attached hydrogens (tertiary/aromatic N) is 2. The summed E-state index contributed by atoms with van der Waals surface area (Å²) in [5, 5.41) is 2.84. The van der Waals surface area contributed by atoms with Crippen molar-refractivity contribution in [2.45, 2.75) is 44.3 Å². The summed E-state index contributed by atoms with van der Waals surface area (Å²) in [5.74, 6) is 1.70. The number of hydrogen-bond acceptors (Lipinski definition) is 5. The van der Waals surface area contributed by atoms with E-state index in [-0.39, 0.29) is 10.7 Å². The molecule has 0 radical (unpaired) electrons. The second kappa shape index (κ2) is 5.60. The maximum atomic E-state index is 11.8. The van der Waals surface area contributed by atoms with Crippen molar-refractivity contribution in [1.29, 1.82) is 0 Å². The number of anilines is 1. The smallest absolute Gasteiger partial charge is 0.154 e. The summed E-state index contributed by atoms with van der Waals surface area (Å²) in [6.45, 7) is 6.54. The molecule has 0 amide bonds. The fourth-order valence-electron chi connectivity index (χ4n) is 2.15. The molecule has 2 rings (SSSR count). The molecule has 1 aromatic heterocycles. The van der Waals surface area contributed by atoms with Gasteiger partial charge in [-0.25, -0.2) is 18.4 Å². The molecule has 1 aliphatic rings. The first-order chi connectivity index (χ1) is 9.18. The molecule has 1 saturated heterocycles. The van der Waals surface area contributed by atoms with E-state index < -0.39 is 9.84 Å². The lowest BCUT2D eigenvalue weighted by Crippen LogP contribution is -2.26. The van der Waals surface area contributed by atoms with Gasteiger partial charge in [0, 0.05) is 18.0 Å². The summed E-state index contributed by atoms with van der Waals surface area (Å²) in [4.78, 5) is 8.83. The number of sulfone groups is 1. The zero-order valence-electron chi connectivity index (χ0n) is 12.0. The largest absolute Gasteiger partial charge is 0.369 e. The fourth-order valence-corrected chi connectivity index (χ4v) is 4.30. The molecule has 1 unspecified atom stereocenters. The molecule has 20 heavy (non-hydrogen) atoms. The molecule has 1 N–H and O–H groups in total. The Labute approximate surface area is 128 Å². The number of aromatic nitrogens is 2. The normalized spacial score (nSPS) is 21.9. The third-order valence-corrected chi connectivity index (χ3v) is 6.02. The van der Waals surface area contributed by atoms with Crippen LogP contribution in [0.1, 0.15) is 39.4 Å². The summed E-state index contributed by atoms with van der Waals surface area (Å²) in [6, 6.07) is 1.77. The van der Waals surface area contributed by atoms with E-state index in [4.69, 9.17) is 0 Å². The number of nitrogens with one attached hydrogen (secondary N) is 1. The molecule has 1 aliphatic heterocycles. The zero-order chi connectivity index (χ0) is 15.0. The lowest BCUT2D eigenvalue weighted by Gasteiger charge is -2.18. The first-order valence-corrected chi connectivity index (χ1v) is 9.20. The predicted molar refractivity (Wildman–Crippen MR) is 83.7 cm³/mol. The van der Waals surface area contributed by atoms with Gasteiger partial charge in [0.15, 0.2) is 9.84 Å². The van der Waals surface area contributed by atoms with E-state index >= 15 is 0 Å². The molecular weight excluding hydrogens is 342 g/mol. The van der Waals surface area contributed by atoms with Crippen LogP contribution < -0.4 is 5.32 Å². The van der Waals surface area contributed by atoms with E-state index in [1.165, 1.54) is 0 Å². The molecule has 0 aromatic carbocycles. The quantitative estimate of drug-likeness (QED) is 0.837. The molecule has 0 aliphatic carbocycles. The second-order valence-electron chi connectivity index (χ2n) is 6.16. The maximum absolute atomic E-state index is 11.8. The van der Waals surface area contributed by atoms with Crippen molar-refractivity contribution in [3.05, 3.63) is 16.5 Å². The van der Waals surface area contributed by atoms with Gasteiger partial charge in [-0.15, -0.1) is 0 Å². The van der Waals surface area contributed by atoms with E-state index in [0.29, 0.717) is 22.7 Å². The molecule has 0 saturated carbocycles. The highest BCUT2D eigenvalue weighted by Crippen LogP contribution is 2.24. The summed E-state index contributed by atoms with van der Waals surface area (Å²) < 4.78 is 24.3. The predicted octanol–water partition coefficient (Wildman–Crippen LogP) is 2.53. The minimum Gasteiger partial charge on any atom is -0.369 e. The number of halogens is 1. The summed E-state index contributed by atoms with van der Waals surface area (Å²) >= 11 is 3.37. The Bertz CT molecular complexity index is 596. The van der Waals surface area contributed by atoms with Crippen LogP contribution in [0.25, 0.3) is 0 Å². The molecule has 112 valence electrons. The van der Waals surface area contributed by atoms with Gasteiger partial charge in [0.25, 0.3) is 0 Å². The van der Waals surface area contributed by atoms with E-state index in [2.05, 4.69) is 31.2 Å². The Morgan fingerprint density at radius 1 is 1.40 bits per heavy atom. The van der Waals surface area contributed by atoms with Gasteiger partial charge in [0.05, 0.1) is 11.0 Å². The molecule has 1 atom stereocenters. The highest BCUT2D eigenvalue weighted by atomic mass is 79.9. The van der Waals surface area contributed by atoms with Crippen LogP contribution in [-0.4, -0.2) is 35.9 Å². The third-order valence-electron chi connectivity index (χ3n) is 3.34. The van der Waals surface area contributed by atoms with Crippen LogP contribution >= 0.6 is 15.9 Å². The van der Waals surface area contributed by atoms with Crippen molar-refractivity contribution in [3.8, 4) is 0 Å². The van der Waals surface area contributed by atoms with Crippen LogP contribution in [0.15, 0.2) is 10.7 Å². The second-order valence-corrected chi connectivity index (χ2v) is 9.37. The van der Waals surface area contributed by atoms with Crippen molar-refractivity contribution >= 4 is 31.6 Å². The zero-order valence-corrected chi connectivity index (χ0v) is 14.4. The van der Waals surface area contributed by atoms with Gasteiger partial charge in [0.2, 0.25) is 0 Å². The highest BCUT2D eigenvalue weighted by molar-refractivity contribution is 9.10. The van der Waals surface area contributed by atoms with Gasteiger partial charge in [-0.1, -0.05) is 20.8 Å². The first kappa shape index (κ1) is 15.7. The Balaban J connectivity index is 2.12. The third kappa shape index (κ3) is 3.69. The van der Waals surface area contributed by atoms with Gasteiger partial charge >= 0.3 is 0 Å². The van der Waals surface area contributed by atoms with Gasteiger partial charge in [-0.3, -0.25) is 0 Å². The minimum absolute atomic E-state index is 0.153. The Hall–Kier alpha value is -0.690. The van der Waals surface area contributed by atoms with Gasteiger partial charge in [-0.2, -0.15) is 0 Å². The van der Waals surface area contributed by atoms with E-state index in [1.807, 2.05) is 20.8 Å². The Morgan fingerprint density at radius 3 is 2.65 bits per heavy atom. The molecule has 7 heteroatoms. The molecular formula is C13H20BrN3O2S. The van der Waals surface area contributed by atoms with Crippen molar-refractivity contribution in [3.63, 3.8) is 0 Å². The van der Waals surface area contributed by atoms with Gasteiger partial charge in [-0.05, 0) is 28.8 Å². The lowest BCUT2D eigenvalue weighted by molar-refractivity contribution is 0.544. The van der Waals surface area contributed by atoms with E-state index in [0.717, 1.165) is 18.7 Å². The Kier molecular flexibility index (Phi) is 4.39. The van der Waals surface area contributed by atoms with Crippen molar-refractivity contribution in [2.75, 3.05) is 17.6 Å². The standard InChI is InChI=1S/C13H20BrN3O2S/c1-13(2,3)12-16-10(14)7-11(17-12)15-8-9-5-4-6-20(9,18)19/h7,9H,4-6,8H2,1-3H3,(H,15,16,17). The monoisotopic (exact) mass is 361 g/mol. The average molecular weight is 362 g/mol. The summed E-state index contributed by atoms with van der Waals surface area (Å²) in [6.07, 6.45) is 1.49. The van der Waals surface area contributed by atoms with Gasteiger partial charge < -0.3 is 5.32 Å².